The van der Waals surface area contributed by atoms with Gasteiger partial charge in [0.1, 0.15) is 6.61 Å². The van der Waals surface area contributed by atoms with E-state index in [0.717, 1.165) is 25.2 Å². The van der Waals surface area contributed by atoms with Gasteiger partial charge in [-0.2, -0.15) is 0 Å². The molecule has 0 saturated carbocycles. The van der Waals surface area contributed by atoms with E-state index in [9.17, 15) is 0 Å². The van der Waals surface area contributed by atoms with Crippen molar-refractivity contribution < 1.29 is 4.74 Å². The lowest BCUT2D eigenvalue weighted by Crippen LogP contribution is -2.27. The Morgan fingerprint density at radius 3 is 2.05 bits per heavy atom. The molecule has 0 aliphatic carbocycles. The standard InChI is InChI=1S/C17H27NOS.ClH/c1-6-18(7-2)12-13-19-16(20)14-8-10-15(11-9-14)17(3,4)5;/h8-11H,6-7,12-13H2,1-5H3;1H. The largest absolute Gasteiger partial charge is 0.482 e. The normalized spacial score (nSPS) is 11.1. The lowest BCUT2D eigenvalue weighted by molar-refractivity contribution is 0.219. The second-order valence-corrected chi connectivity index (χ2v) is 6.36. The van der Waals surface area contributed by atoms with Gasteiger partial charge in [-0.25, -0.2) is 0 Å². The van der Waals surface area contributed by atoms with Crippen molar-refractivity contribution in [3.8, 4) is 0 Å². The highest BCUT2D eigenvalue weighted by Gasteiger charge is 2.13. The Morgan fingerprint density at radius 1 is 1.10 bits per heavy atom. The molecule has 1 aromatic rings. The van der Waals surface area contributed by atoms with E-state index in [1.165, 1.54) is 5.56 Å². The molecule has 0 spiro atoms. The highest BCUT2D eigenvalue weighted by molar-refractivity contribution is 7.80. The molecule has 120 valence electrons. The van der Waals surface area contributed by atoms with Crippen LogP contribution in [0.15, 0.2) is 24.3 Å². The molecule has 0 bridgehead atoms. The quantitative estimate of drug-likeness (QED) is 0.716. The van der Waals surface area contributed by atoms with Gasteiger partial charge < -0.3 is 9.64 Å². The predicted molar refractivity (Wildman–Crippen MR) is 97.8 cm³/mol. The zero-order chi connectivity index (χ0) is 15.2. The summed E-state index contributed by atoms with van der Waals surface area (Å²) in [6.07, 6.45) is 0. The average molecular weight is 330 g/mol. The monoisotopic (exact) mass is 329 g/mol. The summed E-state index contributed by atoms with van der Waals surface area (Å²) in [7, 11) is 0. The summed E-state index contributed by atoms with van der Waals surface area (Å²) in [5.74, 6) is 0. The summed E-state index contributed by atoms with van der Waals surface area (Å²) >= 11 is 5.34. The summed E-state index contributed by atoms with van der Waals surface area (Å²) in [5.41, 5.74) is 2.48. The topological polar surface area (TPSA) is 12.5 Å². The molecule has 1 rings (SSSR count). The molecule has 0 aliphatic rings. The van der Waals surface area contributed by atoms with Crippen LogP contribution in [0.2, 0.25) is 0 Å². The Hall–Kier alpha value is -0.640. The first-order chi connectivity index (χ1) is 9.38. The maximum absolute atomic E-state index is 5.68. The first-order valence-corrected chi connectivity index (χ1v) is 7.79. The Bertz CT molecular complexity index is 421. The molecule has 0 amide bonds. The van der Waals surface area contributed by atoms with Gasteiger partial charge in [-0.1, -0.05) is 58.9 Å². The van der Waals surface area contributed by atoms with Crippen molar-refractivity contribution in [2.45, 2.75) is 40.0 Å². The third kappa shape index (κ3) is 6.77. The molecule has 4 heteroatoms. The number of likely N-dealkylation sites (N-methyl/N-ethyl adjacent to an activating group) is 1. The predicted octanol–water partition coefficient (Wildman–Crippen LogP) is 4.44. The smallest absolute Gasteiger partial charge is 0.191 e. The van der Waals surface area contributed by atoms with Crippen molar-refractivity contribution in [1.82, 2.24) is 4.90 Å². The molecule has 0 atom stereocenters. The fourth-order valence-corrected chi connectivity index (χ4v) is 2.22. The van der Waals surface area contributed by atoms with Crippen LogP contribution in [-0.4, -0.2) is 36.2 Å². The molecule has 0 aliphatic heterocycles. The highest BCUT2D eigenvalue weighted by Crippen LogP contribution is 2.22. The van der Waals surface area contributed by atoms with Gasteiger partial charge in [0.25, 0.3) is 0 Å². The van der Waals surface area contributed by atoms with E-state index in [1.807, 2.05) is 0 Å². The molecule has 1 aromatic carbocycles. The molecule has 0 saturated heterocycles. The average Bonchev–Trinajstić information content (AvgIpc) is 2.42. The van der Waals surface area contributed by atoms with Crippen LogP contribution in [0.25, 0.3) is 0 Å². The third-order valence-electron chi connectivity index (χ3n) is 3.52. The summed E-state index contributed by atoms with van der Waals surface area (Å²) in [6.45, 7) is 14.6. The second kappa shape index (κ2) is 9.39. The second-order valence-electron chi connectivity index (χ2n) is 5.99. The molecular weight excluding hydrogens is 302 g/mol. The summed E-state index contributed by atoms with van der Waals surface area (Å²) in [4.78, 5) is 2.32. The lowest BCUT2D eigenvalue weighted by atomic mass is 9.87. The van der Waals surface area contributed by atoms with Crippen LogP contribution >= 0.6 is 24.6 Å². The van der Waals surface area contributed by atoms with Crippen molar-refractivity contribution >= 4 is 29.7 Å². The third-order valence-corrected chi connectivity index (χ3v) is 3.88. The van der Waals surface area contributed by atoms with Crippen LogP contribution < -0.4 is 0 Å². The number of halogens is 1. The van der Waals surface area contributed by atoms with Crippen LogP contribution in [0.5, 0.6) is 0 Å². The van der Waals surface area contributed by atoms with Crippen LogP contribution in [0.3, 0.4) is 0 Å². The summed E-state index contributed by atoms with van der Waals surface area (Å²) in [6, 6.07) is 8.38. The van der Waals surface area contributed by atoms with Crippen LogP contribution in [0.1, 0.15) is 45.7 Å². The Balaban J connectivity index is 0.00000400. The van der Waals surface area contributed by atoms with Crippen molar-refractivity contribution in [2.24, 2.45) is 0 Å². The van der Waals surface area contributed by atoms with Crippen molar-refractivity contribution in [1.29, 1.82) is 0 Å². The van der Waals surface area contributed by atoms with Crippen molar-refractivity contribution in [3.05, 3.63) is 35.4 Å². The van der Waals surface area contributed by atoms with E-state index < -0.39 is 0 Å². The van der Waals surface area contributed by atoms with E-state index in [2.05, 4.69) is 63.8 Å². The highest BCUT2D eigenvalue weighted by atomic mass is 35.5. The molecule has 0 unspecified atom stereocenters. The Kier molecular flexibility index (Phi) is 9.11. The number of benzene rings is 1. The Morgan fingerprint density at radius 2 is 1.62 bits per heavy atom. The van der Waals surface area contributed by atoms with Gasteiger partial charge in [0.05, 0.1) is 0 Å². The van der Waals surface area contributed by atoms with Gasteiger partial charge in [-0.3, -0.25) is 0 Å². The maximum atomic E-state index is 5.68. The van der Waals surface area contributed by atoms with E-state index in [0.29, 0.717) is 11.7 Å². The van der Waals surface area contributed by atoms with Crippen LogP contribution in [-0.2, 0) is 10.2 Å². The zero-order valence-corrected chi connectivity index (χ0v) is 15.4. The first kappa shape index (κ1) is 20.4. The molecule has 21 heavy (non-hydrogen) atoms. The molecule has 0 fully saturated rings. The maximum Gasteiger partial charge on any atom is 0.191 e. The van der Waals surface area contributed by atoms with Crippen molar-refractivity contribution in [2.75, 3.05) is 26.2 Å². The van der Waals surface area contributed by atoms with Gasteiger partial charge in [-0.15, -0.1) is 12.4 Å². The van der Waals surface area contributed by atoms with Gasteiger partial charge in [0, 0.05) is 12.1 Å². The molecule has 0 N–H and O–H groups in total. The number of thiocarbonyl (C=S) groups is 1. The van der Waals surface area contributed by atoms with E-state index >= 15 is 0 Å². The van der Waals surface area contributed by atoms with Gasteiger partial charge in [-0.05, 0) is 36.3 Å². The summed E-state index contributed by atoms with van der Waals surface area (Å²) < 4.78 is 5.68. The molecular formula is C17H28ClNOS. The van der Waals surface area contributed by atoms with E-state index in [4.69, 9.17) is 17.0 Å². The molecule has 2 nitrogen and oxygen atoms in total. The minimum Gasteiger partial charge on any atom is -0.482 e. The van der Waals surface area contributed by atoms with Crippen LogP contribution in [0, 0.1) is 0 Å². The van der Waals surface area contributed by atoms with Gasteiger partial charge in [0.2, 0.25) is 0 Å². The molecule has 0 heterocycles. The number of hydrogen-bond donors (Lipinski definition) is 0. The van der Waals surface area contributed by atoms with Crippen LogP contribution in [0.4, 0.5) is 0 Å². The lowest BCUT2D eigenvalue weighted by Gasteiger charge is -2.20. The van der Waals surface area contributed by atoms with E-state index in [1.54, 1.807) is 0 Å². The van der Waals surface area contributed by atoms with Crippen molar-refractivity contribution in [3.63, 3.8) is 0 Å². The summed E-state index contributed by atoms with van der Waals surface area (Å²) in [5, 5.41) is 0.595. The molecule has 0 radical (unpaired) electrons. The fourth-order valence-electron chi connectivity index (χ4n) is 2.00. The SMILES string of the molecule is CCN(CC)CCOC(=S)c1ccc(C(C)(C)C)cc1.Cl. The number of rotatable bonds is 6. The zero-order valence-electron chi connectivity index (χ0n) is 13.8. The van der Waals surface area contributed by atoms with E-state index in [-0.39, 0.29) is 17.8 Å². The fraction of sp³-hybridized carbons (Fsp3) is 0.588. The van der Waals surface area contributed by atoms with Gasteiger partial charge >= 0.3 is 0 Å². The number of nitrogens with zero attached hydrogens (tertiary/aromatic N) is 1. The minimum atomic E-state index is 0. The number of ether oxygens (including phenoxy) is 1. The minimum absolute atomic E-state index is 0. The van der Waals surface area contributed by atoms with Gasteiger partial charge in [0.15, 0.2) is 5.05 Å². The Labute approximate surface area is 141 Å². The molecule has 0 aromatic heterocycles. The first-order valence-electron chi connectivity index (χ1n) is 7.38. The number of hydrogen-bond acceptors (Lipinski definition) is 3.